The molecule has 6 N–H and O–H groups in total. The molecular weight excluding hydrogens is 347 g/mol. The fourth-order valence-electron chi connectivity index (χ4n) is 3.27. The van der Waals surface area contributed by atoms with Crippen molar-refractivity contribution in [1.29, 1.82) is 0 Å². The maximum Gasteiger partial charge on any atom is 0.252 e. The number of hydrogen-bond donors (Lipinski definition) is 4. The van der Waals surface area contributed by atoms with Crippen molar-refractivity contribution in [3.8, 4) is 0 Å². The van der Waals surface area contributed by atoms with Crippen molar-refractivity contribution < 1.29 is 9.18 Å². The number of halogens is 1. The maximum atomic E-state index is 14.5. The molecule has 0 spiro atoms. The van der Waals surface area contributed by atoms with E-state index in [9.17, 15) is 9.18 Å². The normalized spacial score (nSPS) is 19.5. The van der Waals surface area contributed by atoms with Crippen LogP contribution in [-0.2, 0) is 6.42 Å². The van der Waals surface area contributed by atoms with Crippen molar-refractivity contribution in [2.75, 3.05) is 10.6 Å². The summed E-state index contributed by atoms with van der Waals surface area (Å²) >= 11 is 0. The Balaban J connectivity index is 1.91. The monoisotopic (exact) mass is 372 g/mol. The van der Waals surface area contributed by atoms with E-state index in [2.05, 4.69) is 20.6 Å². The van der Waals surface area contributed by atoms with Crippen LogP contribution in [0.3, 0.4) is 0 Å². The summed E-state index contributed by atoms with van der Waals surface area (Å²) in [5, 5.41) is 6.15. The molecular formula is C19H25FN6O. The summed E-state index contributed by atoms with van der Waals surface area (Å²) in [7, 11) is 0. The van der Waals surface area contributed by atoms with Crippen LogP contribution in [0.5, 0.6) is 0 Å². The van der Waals surface area contributed by atoms with Gasteiger partial charge in [0.1, 0.15) is 5.82 Å². The number of nitrogens with two attached hydrogens (primary N) is 2. The van der Waals surface area contributed by atoms with E-state index < -0.39 is 11.7 Å². The average molecular weight is 372 g/mol. The van der Waals surface area contributed by atoms with Gasteiger partial charge in [-0.2, -0.15) is 0 Å². The Morgan fingerprint density at radius 2 is 2.07 bits per heavy atom. The summed E-state index contributed by atoms with van der Waals surface area (Å²) in [6.45, 7) is 1.99. The lowest BCUT2D eigenvalue weighted by Crippen LogP contribution is -2.43. The first-order valence-electron chi connectivity index (χ1n) is 9.22. The van der Waals surface area contributed by atoms with E-state index in [0.29, 0.717) is 5.69 Å². The highest BCUT2D eigenvalue weighted by Gasteiger charge is 2.24. The number of rotatable bonds is 6. The first-order chi connectivity index (χ1) is 13.0. The first-order valence-corrected chi connectivity index (χ1v) is 9.22. The minimum absolute atomic E-state index is 0.0131. The van der Waals surface area contributed by atoms with Crippen molar-refractivity contribution in [2.45, 2.75) is 51.1 Å². The van der Waals surface area contributed by atoms with E-state index in [4.69, 9.17) is 11.5 Å². The first kappa shape index (κ1) is 19.0. The van der Waals surface area contributed by atoms with Gasteiger partial charge in [0.05, 0.1) is 5.56 Å². The van der Waals surface area contributed by atoms with Gasteiger partial charge < -0.3 is 22.1 Å². The van der Waals surface area contributed by atoms with E-state index in [1.165, 1.54) is 0 Å². The largest absolute Gasteiger partial charge is 0.365 e. The van der Waals surface area contributed by atoms with Crippen molar-refractivity contribution in [2.24, 2.45) is 11.5 Å². The number of nitrogens with one attached hydrogen (secondary N) is 2. The quantitative estimate of drug-likeness (QED) is 0.619. The van der Waals surface area contributed by atoms with Gasteiger partial charge >= 0.3 is 0 Å². The van der Waals surface area contributed by atoms with Crippen molar-refractivity contribution >= 4 is 23.2 Å². The lowest BCUT2D eigenvalue weighted by atomic mass is 9.91. The predicted molar refractivity (Wildman–Crippen MR) is 103 cm³/mol. The third-order valence-electron chi connectivity index (χ3n) is 4.82. The smallest absolute Gasteiger partial charge is 0.252 e. The number of anilines is 3. The molecule has 2 atom stereocenters. The lowest BCUT2D eigenvalue weighted by Gasteiger charge is -2.30. The van der Waals surface area contributed by atoms with E-state index in [-0.39, 0.29) is 29.3 Å². The highest BCUT2D eigenvalue weighted by atomic mass is 19.1. The zero-order chi connectivity index (χ0) is 19.4. The second kappa shape index (κ2) is 8.30. The van der Waals surface area contributed by atoms with Gasteiger partial charge in [0.15, 0.2) is 11.6 Å². The van der Waals surface area contributed by atoms with Crippen LogP contribution in [0, 0.1) is 5.82 Å². The van der Waals surface area contributed by atoms with E-state index >= 15 is 0 Å². The number of carbonyl (C=O) groups excluding carboxylic acids is 1. The highest BCUT2D eigenvalue weighted by molar-refractivity contribution is 5.98. The molecule has 7 nitrogen and oxygen atoms in total. The third-order valence-corrected chi connectivity index (χ3v) is 4.82. The Kier molecular flexibility index (Phi) is 5.85. The van der Waals surface area contributed by atoms with Crippen LogP contribution < -0.4 is 22.1 Å². The number of pyridine rings is 2. The summed E-state index contributed by atoms with van der Waals surface area (Å²) in [5.74, 6) is -1.12. The summed E-state index contributed by atoms with van der Waals surface area (Å²) in [6, 6.07) is 4.59. The van der Waals surface area contributed by atoms with Crippen LogP contribution in [0.4, 0.5) is 21.7 Å². The molecule has 2 aromatic rings. The lowest BCUT2D eigenvalue weighted by molar-refractivity contribution is 0.100. The molecule has 2 aromatic heterocycles. The Bertz CT molecular complexity index is 828. The second-order valence-corrected chi connectivity index (χ2v) is 6.79. The van der Waals surface area contributed by atoms with Crippen LogP contribution in [0.15, 0.2) is 24.4 Å². The molecule has 0 aliphatic heterocycles. The summed E-state index contributed by atoms with van der Waals surface area (Å²) in [5.41, 5.74) is 13.1. The minimum atomic E-state index is -0.755. The number of hydrogen-bond acceptors (Lipinski definition) is 6. The molecule has 0 saturated heterocycles. The third kappa shape index (κ3) is 4.51. The molecule has 1 fully saturated rings. The Hall–Kier alpha value is -2.74. The molecule has 27 heavy (non-hydrogen) atoms. The molecule has 8 heteroatoms. The van der Waals surface area contributed by atoms with Crippen molar-refractivity contribution in [3.63, 3.8) is 0 Å². The average Bonchev–Trinajstić information content (AvgIpc) is 2.66. The van der Waals surface area contributed by atoms with Crippen molar-refractivity contribution in [1.82, 2.24) is 9.97 Å². The SMILES string of the molecule is CCc1cc(Nc2nc(N[C@@H]3CCCC[C@@H]3N)c(F)cc2C(N)=O)ccn1. The Labute approximate surface area is 157 Å². The van der Waals surface area contributed by atoms with Gasteiger partial charge in [-0.15, -0.1) is 0 Å². The molecule has 1 aliphatic rings. The number of aryl methyl sites for hydroxylation is 1. The highest BCUT2D eigenvalue weighted by Crippen LogP contribution is 2.26. The summed E-state index contributed by atoms with van der Waals surface area (Å²) < 4.78 is 14.5. The van der Waals surface area contributed by atoms with Gasteiger partial charge in [-0.3, -0.25) is 9.78 Å². The standard InChI is InChI=1S/C19H25FN6O/c1-2-11-9-12(7-8-23-11)24-18-13(17(22)27)10-14(20)19(26-18)25-16-6-4-3-5-15(16)21/h7-10,15-16H,2-6,21H2,1H3,(H2,22,27)(H2,23,24,25,26)/t15-,16+/m0/s1. The number of aromatic nitrogens is 2. The van der Waals surface area contributed by atoms with Gasteiger partial charge in [0, 0.05) is 29.7 Å². The molecule has 144 valence electrons. The Morgan fingerprint density at radius 1 is 1.30 bits per heavy atom. The molecule has 1 aliphatic carbocycles. The molecule has 0 unspecified atom stereocenters. The topological polar surface area (TPSA) is 119 Å². The van der Waals surface area contributed by atoms with Gasteiger partial charge in [-0.25, -0.2) is 9.37 Å². The summed E-state index contributed by atoms with van der Waals surface area (Å²) in [4.78, 5) is 20.3. The molecule has 2 heterocycles. The summed E-state index contributed by atoms with van der Waals surface area (Å²) in [6.07, 6.45) is 6.28. The second-order valence-electron chi connectivity index (χ2n) is 6.79. The van der Waals surface area contributed by atoms with Gasteiger partial charge in [-0.1, -0.05) is 19.8 Å². The zero-order valence-corrected chi connectivity index (χ0v) is 15.3. The maximum absolute atomic E-state index is 14.5. The van der Waals surface area contributed by atoms with Gasteiger partial charge in [0.25, 0.3) is 5.91 Å². The van der Waals surface area contributed by atoms with Gasteiger partial charge in [0.2, 0.25) is 0 Å². The molecule has 0 radical (unpaired) electrons. The van der Waals surface area contributed by atoms with Crippen LogP contribution in [0.1, 0.15) is 48.7 Å². The van der Waals surface area contributed by atoms with Gasteiger partial charge in [-0.05, 0) is 37.5 Å². The fourth-order valence-corrected chi connectivity index (χ4v) is 3.27. The molecule has 1 amide bonds. The van der Waals surface area contributed by atoms with Crippen LogP contribution in [0.2, 0.25) is 0 Å². The molecule has 0 bridgehead atoms. The van der Waals surface area contributed by atoms with Crippen LogP contribution in [-0.4, -0.2) is 28.0 Å². The molecule has 1 saturated carbocycles. The molecule has 3 rings (SSSR count). The van der Waals surface area contributed by atoms with E-state index in [1.807, 2.05) is 13.0 Å². The van der Waals surface area contributed by atoms with Crippen molar-refractivity contribution in [3.05, 3.63) is 41.5 Å². The molecule has 0 aromatic carbocycles. The zero-order valence-electron chi connectivity index (χ0n) is 15.3. The van der Waals surface area contributed by atoms with E-state index in [1.54, 1.807) is 12.3 Å². The fraction of sp³-hybridized carbons (Fsp3) is 0.421. The minimum Gasteiger partial charge on any atom is -0.365 e. The number of nitrogens with zero attached hydrogens (tertiary/aromatic N) is 2. The predicted octanol–water partition coefficient (Wildman–Crippen LogP) is 2.70. The number of amides is 1. The van der Waals surface area contributed by atoms with Crippen LogP contribution in [0.25, 0.3) is 0 Å². The van der Waals surface area contributed by atoms with E-state index in [0.717, 1.165) is 43.9 Å². The number of carbonyl (C=O) groups is 1. The number of primary amides is 1. The van der Waals surface area contributed by atoms with Crippen LogP contribution >= 0.6 is 0 Å². The Morgan fingerprint density at radius 3 is 2.78 bits per heavy atom.